The Labute approximate surface area is 169 Å². The largest absolute Gasteiger partial charge is 0.480 e. The summed E-state index contributed by atoms with van der Waals surface area (Å²) in [6.45, 7) is 3.84. The van der Waals surface area contributed by atoms with Crippen LogP contribution in [0.4, 0.5) is 0 Å². The van der Waals surface area contributed by atoms with Crippen molar-refractivity contribution in [1.82, 2.24) is 14.7 Å². The Morgan fingerprint density at radius 3 is 0.966 bits per heavy atom. The van der Waals surface area contributed by atoms with E-state index in [1.165, 1.54) is 16.7 Å². The van der Waals surface area contributed by atoms with E-state index in [0.29, 0.717) is 0 Å². The maximum atomic E-state index is 11.4. The third-order valence-electron chi connectivity index (χ3n) is 3.35. The highest BCUT2D eigenvalue weighted by Gasteiger charge is 2.18. The molecule has 0 amide bonds. The average molecular weight is 421 g/mol. The molecule has 12 heteroatoms. The lowest BCUT2D eigenvalue weighted by molar-refractivity contribution is -0.143. The molecule has 0 aliphatic rings. The first-order chi connectivity index (χ1) is 13.5. The predicted octanol–water partition coefficient (Wildman–Crippen LogP) is -1.15. The van der Waals surface area contributed by atoms with E-state index in [1.54, 1.807) is 4.90 Å². The highest BCUT2D eigenvalue weighted by molar-refractivity contribution is 5.77. The number of nitrogens with zero attached hydrogens (tertiary/aromatic N) is 3. The zero-order valence-electron chi connectivity index (χ0n) is 17.0. The quantitative estimate of drug-likeness (QED) is 0.236. The second-order valence-electron chi connectivity index (χ2n) is 5.97. The van der Waals surface area contributed by atoms with Crippen LogP contribution in [0, 0.1) is 0 Å². The number of hydrogen-bond donors (Lipinski definition) is 4. The van der Waals surface area contributed by atoms with E-state index < -0.39 is 50.1 Å². The molecule has 0 spiro atoms. The number of rotatable bonds is 16. The zero-order chi connectivity index (χ0) is 23.0. The Kier molecular flexibility index (Phi) is 16.2. The summed E-state index contributed by atoms with van der Waals surface area (Å²) in [7, 11) is 0. The first-order valence-electron chi connectivity index (χ1n) is 9.03. The van der Waals surface area contributed by atoms with Crippen LogP contribution in [0.15, 0.2) is 0 Å². The van der Waals surface area contributed by atoms with Gasteiger partial charge < -0.3 is 20.4 Å². The monoisotopic (exact) mass is 421 g/mol. The number of carboxylic acid groups (broad SMARTS) is 4. The molecule has 0 atom stereocenters. The Hall–Kier alpha value is -2.57. The summed E-state index contributed by atoms with van der Waals surface area (Å²) in [6.07, 6.45) is 0. The highest BCUT2D eigenvalue weighted by atomic mass is 16.4. The highest BCUT2D eigenvalue weighted by Crippen LogP contribution is 1.97. The topological polar surface area (TPSA) is 176 Å². The van der Waals surface area contributed by atoms with Crippen molar-refractivity contribution in [3.8, 4) is 0 Å². The van der Waals surface area contributed by atoms with Crippen LogP contribution in [0.1, 0.15) is 20.8 Å². The van der Waals surface area contributed by atoms with Crippen LogP contribution >= 0.6 is 0 Å². The molecule has 4 N–H and O–H groups in total. The molecule has 0 saturated heterocycles. The van der Waals surface area contributed by atoms with Crippen LogP contribution in [-0.4, -0.2) is 124 Å². The van der Waals surface area contributed by atoms with Gasteiger partial charge in [-0.1, -0.05) is 13.8 Å². The molecular weight excluding hydrogens is 390 g/mol. The second kappa shape index (κ2) is 16.4. The van der Waals surface area contributed by atoms with Gasteiger partial charge in [-0.15, -0.1) is 0 Å². The first kappa shape index (κ1) is 28.6. The van der Waals surface area contributed by atoms with Crippen LogP contribution < -0.4 is 0 Å². The fraction of sp³-hybridized carbons (Fsp3) is 0.706. The van der Waals surface area contributed by atoms with Gasteiger partial charge in [0.05, 0.1) is 32.7 Å². The maximum absolute atomic E-state index is 11.4. The van der Waals surface area contributed by atoms with Crippen molar-refractivity contribution in [3.05, 3.63) is 0 Å². The smallest absolute Gasteiger partial charge is 0.317 e. The molecule has 0 bridgehead atoms. The van der Waals surface area contributed by atoms with E-state index in [2.05, 4.69) is 0 Å². The van der Waals surface area contributed by atoms with Crippen molar-refractivity contribution >= 4 is 29.7 Å². The van der Waals surface area contributed by atoms with E-state index >= 15 is 0 Å². The molecule has 0 aromatic rings. The standard InChI is InChI=1S/C15H25N3O9.C2H6/c1-11(19)6-16(2-4-17(7-12(20)21)8-13(22)23)3-5-18(9-14(24)25)10-15(26)27;1-2/h2-10H2,1H3,(H,20,21)(H,22,23)(H,24,25)(H,26,27);1-2H3. The minimum Gasteiger partial charge on any atom is -0.480 e. The van der Waals surface area contributed by atoms with Gasteiger partial charge in [-0.3, -0.25) is 38.7 Å². The molecule has 0 heterocycles. The summed E-state index contributed by atoms with van der Waals surface area (Å²) in [4.78, 5) is 58.6. The van der Waals surface area contributed by atoms with Crippen LogP contribution in [-0.2, 0) is 24.0 Å². The Morgan fingerprint density at radius 1 is 0.517 bits per heavy atom. The lowest BCUT2D eigenvalue weighted by Crippen LogP contribution is -2.45. The van der Waals surface area contributed by atoms with Crippen LogP contribution in [0.3, 0.4) is 0 Å². The van der Waals surface area contributed by atoms with Crippen molar-refractivity contribution in [2.75, 3.05) is 58.9 Å². The molecule has 0 rings (SSSR count). The van der Waals surface area contributed by atoms with Gasteiger partial charge >= 0.3 is 23.9 Å². The van der Waals surface area contributed by atoms with E-state index in [1.807, 2.05) is 13.8 Å². The van der Waals surface area contributed by atoms with Crippen molar-refractivity contribution in [1.29, 1.82) is 0 Å². The van der Waals surface area contributed by atoms with E-state index in [-0.39, 0.29) is 38.5 Å². The van der Waals surface area contributed by atoms with Gasteiger partial charge in [0.15, 0.2) is 0 Å². The number of Topliss-reactive ketones (excluding diaryl/α,β-unsaturated/α-hetero) is 1. The summed E-state index contributed by atoms with van der Waals surface area (Å²) >= 11 is 0. The molecule has 29 heavy (non-hydrogen) atoms. The third kappa shape index (κ3) is 18.6. The number of carbonyl (C=O) groups is 5. The van der Waals surface area contributed by atoms with E-state index in [4.69, 9.17) is 20.4 Å². The number of aliphatic carboxylic acids is 4. The zero-order valence-corrected chi connectivity index (χ0v) is 17.0. The van der Waals surface area contributed by atoms with E-state index in [9.17, 15) is 24.0 Å². The SMILES string of the molecule is CC.CC(=O)CN(CCN(CC(=O)O)CC(=O)O)CCN(CC(=O)O)CC(=O)O. The molecule has 0 saturated carbocycles. The average Bonchev–Trinajstić information content (AvgIpc) is 2.56. The van der Waals surface area contributed by atoms with Crippen LogP contribution in [0.25, 0.3) is 0 Å². The molecule has 0 aromatic carbocycles. The van der Waals surface area contributed by atoms with Crippen molar-refractivity contribution in [3.63, 3.8) is 0 Å². The molecule has 0 fully saturated rings. The second-order valence-corrected chi connectivity index (χ2v) is 5.97. The Balaban J connectivity index is 0. The summed E-state index contributed by atoms with van der Waals surface area (Å²) in [5, 5.41) is 35.3. The molecule has 0 aliphatic heterocycles. The van der Waals surface area contributed by atoms with Crippen molar-refractivity contribution < 1.29 is 44.4 Å². The van der Waals surface area contributed by atoms with Gasteiger partial charge in [0.25, 0.3) is 0 Å². The minimum atomic E-state index is -1.19. The molecule has 0 radical (unpaired) electrons. The third-order valence-corrected chi connectivity index (χ3v) is 3.35. The number of hydrogen-bond acceptors (Lipinski definition) is 8. The maximum Gasteiger partial charge on any atom is 0.317 e. The summed E-state index contributed by atoms with van der Waals surface area (Å²) < 4.78 is 0. The fourth-order valence-corrected chi connectivity index (χ4v) is 2.34. The minimum absolute atomic E-state index is 0.0119. The predicted molar refractivity (Wildman–Crippen MR) is 102 cm³/mol. The Bertz CT molecular complexity index is 482. The normalized spacial score (nSPS) is 10.6. The van der Waals surface area contributed by atoms with Gasteiger partial charge in [-0.05, 0) is 6.92 Å². The summed E-state index contributed by atoms with van der Waals surface area (Å²) in [5.74, 6) is -4.96. The Morgan fingerprint density at radius 2 is 0.759 bits per heavy atom. The van der Waals surface area contributed by atoms with Crippen molar-refractivity contribution in [2.45, 2.75) is 20.8 Å². The number of ketones is 1. The number of carbonyl (C=O) groups excluding carboxylic acids is 1. The van der Waals surface area contributed by atoms with E-state index in [0.717, 1.165) is 0 Å². The molecular formula is C17H31N3O9. The molecule has 168 valence electrons. The van der Waals surface area contributed by atoms with Crippen LogP contribution in [0.5, 0.6) is 0 Å². The molecule has 12 nitrogen and oxygen atoms in total. The number of carboxylic acids is 4. The lowest BCUT2D eigenvalue weighted by Gasteiger charge is -2.27. The van der Waals surface area contributed by atoms with Gasteiger partial charge in [-0.25, -0.2) is 0 Å². The summed E-state index contributed by atoms with van der Waals surface area (Å²) in [5.41, 5.74) is 0. The molecule has 0 unspecified atom stereocenters. The van der Waals surface area contributed by atoms with Crippen LogP contribution in [0.2, 0.25) is 0 Å². The van der Waals surface area contributed by atoms with Gasteiger partial charge in [0.2, 0.25) is 0 Å². The van der Waals surface area contributed by atoms with Gasteiger partial charge in [0.1, 0.15) is 5.78 Å². The lowest BCUT2D eigenvalue weighted by atomic mass is 10.3. The van der Waals surface area contributed by atoms with Gasteiger partial charge in [0, 0.05) is 26.2 Å². The first-order valence-corrected chi connectivity index (χ1v) is 9.03. The molecule has 0 aromatic heterocycles. The van der Waals surface area contributed by atoms with Gasteiger partial charge in [-0.2, -0.15) is 0 Å². The molecule has 0 aliphatic carbocycles. The van der Waals surface area contributed by atoms with Crippen molar-refractivity contribution in [2.24, 2.45) is 0 Å². The summed E-state index contributed by atoms with van der Waals surface area (Å²) in [6, 6.07) is 0. The fourth-order valence-electron chi connectivity index (χ4n) is 2.34.